The topological polar surface area (TPSA) is 104 Å². The molecular formula is C20H25N5O4. The number of piperidine rings is 1. The number of aromatic nitrogens is 2. The first kappa shape index (κ1) is 19.4. The number of allylic oxidation sites excluding steroid dienone is 1. The first-order valence-corrected chi connectivity index (χ1v) is 9.69. The SMILES string of the molecule is C=C(C)NC(CO)c1nnc([C@@H]2CC[C@@H]3CN2C(=O)N3OCc2ccccc2)o1. The van der Waals surface area contributed by atoms with Gasteiger partial charge in [-0.3, -0.25) is 4.84 Å². The van der Waals surface area contributed by atoms with Gasteiger partial charge < -0.3 is 19.7 Å². The van der Waals surface area contributed by atoms with Crippen LogP contribution in [0.1, 0.15) is 49.2 Å². The van der Waals surface area contributed by atoms with Crippen molar-refractivity contribution in [1.29, 1.82) is 0 Å². The van der Waals surface area contributed by atoms with Crippen LogP contribution >= 0.6 is 0 Å². The lowest BCUT2D eigenvalue weighted by Crippen LogP contribution is -2.34. The predicted octanol–water partition coefficient (Wildman–Crippen LogP) is 2.30. The van der Waals surface area contributed by atoms with Crippen molar-refractivity contribution in [3.05, 3.63) is 60.0 Å². The van der Waals surface area contributed by atoms with Crippen LogP contribution < -0.4 is 5.32 Å². The van der Waals surface area contributed by atoms with Crippen molar-refractivity contribution in [2.24, 2.45) is 0 Å². The summed E-state index contributed by atoms with van der Waals surface area (Å²) in [6.45, 7) is 6.25. The summed E-state index contributed by atoms with van der Waals surface area (Å²) in [4.78, 5) is 20.5. The molecule has 4 rings (SSSR count). The lowest BCUT2D eigenvalue weighted by Gasteiger charge is -2.27. The van der Waals surface area contributed by atoms with Gasteiger partial charge in [0.1, 0.15) is 18.7 Å². The van der Waals surface area contributed by atoms with E-state index in [1.807, 2.05) is 30.3 Å². The smallest absolute Gasteiger partial charge is 0.345 e. The van der Waals surface area contributed by atoms with Crippen LogP contribution in [0.4, 0.5) is 4.79 Å². The first-order chi connectivity index (χ1) is 14.1. The predicted molar refractivity (Wildman–Crippen MR) is 103 cm³/mol. The Morgan fingerprint density at radius 3 is 2.90 bits per heavy atom. The molecule has 2 bridgehead atoms. The highest BCUT2D eigenvalue weighted by Crippen LogP contribution is 2.38. The molecule has 3 heterocycles. The van der Waals surface area contributed by atoms with Gasteiger partial charge in [0.25, 0.3) is 0 Å². The Morgan fingerprint density at radius 1 is 1.38 bits per heavy atom. The van der Waals surface area contributed by atoms with Crippen LogP contribution in [0.15, 0.2) is 47.0 Å². The first-order valence-electron chi connectivity index (χ1n) is 9.69. The number of aliphatic hydroxyl groups is 1. The highest BCUT2D eigenvalue weighted by Gasteiger charge is 2.47. The highest BCUT2D eigenvalue weighted by atomic mass is 16.7. The number of fused-ring (bicyclic) bond motifs is 2. The normalized spacial score (nSPS) is 22.1. The number of aliphatic hydroxyl groups excluding tert-OH is 1. The molecule has 1 aromatic carbocycles. The molecule has 2 aliphatic rings. The third-order valence-corrected chi connectivity index (χ3v) is 5.18. The number of rotatable bonds is 8. The van der Waals surface area contributed by atoms with E-state index < -0.39 is 6.04 Å². The van der Waals surface area contributed by atoms with Crippen molar-refractivity contribution >= 4 is 6.03 Å². The third kappa shape index (κ3) is 3.96. The average molecular weight is 399 g/mol. The third-order valence-electron chi connectivity index (χ3n) is 5.18. The summed E-state index contributed by atoms with van der Waals surface area (Å²) in [5, 5.41) is 22.2. The second-order valence-electron chi connectivity index (χ2n) is 7.41. The van der Waals surface area contributed by atoms with Gasteiger partial charge >= 0.3 is 6.03 Å². The molecule has 2 amide bonds. The Kier molecular flexibility index (Phi) is 5.50. The van der Waals surface area contributed by atoms with E-state index in [2.05, 4.69) is 22.1 Å². The lowest BCUT2D eigenvalue weighted by molar-refractivity contribution is -0.140. The van der Waals surface area contributed by atoms with Gasteiger partial charge in [0, 0.05) is 12.2 Å². The van der Waals surface area contributed by atoms with Gasteiger partial charge in [0.15, 0.2) is 0 Å². The highest BCUT2D eigenvalue weighted by molar-refractivity contribution is 5.77. The van der Waals surface area contributed by atoms with Gasteiger partial charge in [-0.25, -0.2) is 4.79 Å². The molecule has 0 radical (unpaired) electrons. The zero-order valence-corrected chi connectivity index (χ0v) is 16.3. The maximum atomic E-state index is 12.9. The van der Waals surface area contributed by atoms with Crippen molar-refractivity contribution in [3.63, 3.8) is 0 Å². The summed E-state index contributed by atoms with van der Waals surface area (Å²) in [6, 6.07) is 8.76. The Hall–Kier alpha value is -2.91. The largest absolute Gasteiger partial charge is 0.421 e. The van der Waals surface area contributed by atoms with Gasteiger partial charge in [-0.2, -0.15) is 5.06 Å². The van der Waals surface area contributed by atoms with E-state index in [1.165, 1.54) is 5.06 Å². The molecule has 9 nitrogen and oxygen atoms in total. The number of nitrogens with zero attached hydrogens (tertiary/aromatic N) is 4. The molecule has 29 heavy (non-hydrogen) atoms. The number of hydrogen-bond acceptors (Lipinski definition) is 7. The maximum absolute atomic E-state index is 12.9. The lowest BCUT2D eigenvalue weighted by atomic mass is 10.0. The molecule has 1 unspecified atom stereocenters. The molecule has 1 aromatic heterocycles. The minimum atomic E-state index is -0.523. The number of carbonyl (C=O) groups is 1. The maximum Gasteiger partial charge on any atom is 0.345 e. The molecule has 0 saturated carbocycles. The number of nitrogens with one attached hydrogen (secondary N) is 1. The molecular weight excluding hydrogens is 374 g/mol. The van der Waals surface area contributed by atoms with Gasteiger partial charge in [-0.1, -0.05) is 36.9 Å². The van der Waals surface area contributed by atoms with E-state index >= 15 is 0 Å². The number of benzene rings is 1. The fourth-order valence-electron chi connectivity index (χ4n) is 3.78. The molecule has 2 aromatic rings. The summed E-state index contributed by atoms with van der Waals surface area (Å²) in [5.41, 5.74) is 1.69. The van der Waals surface area contributed by atoms with Crippen molar-refractivity contribution in [1.82, 2.24) is 25.5 Å². The molecule has 2 fully saturated rings. The Morgan fingerprint density at radius 2 is 2.17 bits per heavy atom. The van der Waals surface area contributed by atoms with E-state index in [1.54, 1.807) is 11.8 Å². The van der Waals surface area contributed by atoms with Crippen molar-refractivity contribution in [2.45, 2.75) is 44.5 Å². The number of carbonyl (C=O) groups excluding carboxylic acids is 1. The standard InChI is InChI=1S/C20H25N5O4/c1-13(2)21-16(11-26)18-22-23-19(29-18)17-9-8-15-10-24(17)20(27)25(15)28-12-14-6-4-3-5-7-14/h3-7,15-17,21,26H,1,8-12H2,2H3/t15-,16?,17+/m1/s1. The van der Waals surface area contributed by atoms with Crippen LogP contribution in [0, 0.1) is 0 Å². The van der Waals surface area contributed by atoms with Crippen LogP contribution in [0.2, 0.25) is 0 Å². The Labute approximate surface area is 168 Å². The molecule has 3 atom stereocenters. The van der Waals surface area contributed by atoms with E-state index in [4.69, 9.17) is 9.25 Å². The second kappa shape index (κ2) is 8.22. The minimum Gasteiger partial charge on any atom is -0.421 e. The summed E-state index contributed by atoms with van der Waals surface area (Å²) >= 11 is 0. The molecule has 154 valence electrons. The average Bonchev–Trinajstić information content (AvgIpc) is 3.30. The fraction of sp³-hybridized carbons (Fsp3) is 0.450. The molecule has 2 saturated heterocycles. The zero-order valence-electron chi connectivity index (χ0n) is 16.3. The Balaban J connectivity index is 1.44. The number of hydroxylamine groups is 2. The summed E-state index contributed by atoms with van der Waals surface area (Å²) in [6.07, 6.45) is 1.49. The molecule has 9 heteroatoms. The van der Waals surface area contributed by atoms with Crippen LogP contribution in [-0.4, -0.2) is 50.5 Å². The summed E-state index contributed by atoms with van der Waals surface area (Å²) < 4.78 is 5.80. The van der Waals surface area contributed by atoms with Crippen LogP contribution in [0.3, 0.4) is 0 Å². The quantitative estimate of drug-likeness (QED) is 0.702. The van der Waals surface area contributed by atoms with E-state index in [0.29, 0.717) is 31.2 Å². The number of urea groups is 1. The van der Waals surface area contributed by atoms with Gasteiger partial charge in [-0.05, 0) is 25.3 Å². The van der Waals surface area contributed by atoms with Gasteiger partial charge in [-0.15, -0.1) is 10.2 Å². The molecule has 0 aliphatic carbocycles. The summed E-state index contributed by atoms with van der Waals surface area (Å²) in [7, 11) is 0. The zero-order chi connectivity index (χ0) is 20.4. The Bertz CT molecular complexity index is 871. The van der Waals surface area contributed by atoms with E-state index in [9.17, 15) is 9.90 Å². The van der Waals surface area contributed by atoms with Gasteiger partial charge in [0.2, 0.25) is 11.8 Å². The van der Waals surface area contributed by atoms with E-state index in [-0.39, 0.29) is 30.6 Å². The van der Waals surface area contributed by atoms with Crippen LogP contribution in [0.5, 0.6) is 0 Å². The molecule has 2 aliphatic heterocycles. The van der Waals surface area contributed by atoms with Crippen molar-refractivity contribution in [3.8, 4) is 0 Å². The molecule has 0 spiro atoms. The molecule has 2 N–H and O–H groups in total. The van der Waals surface area contributed by atoms with Crippen LogP contribution in [0.25, 0.3) is 0 Å². The minimum absolute atomic E-state index is 0.0140. The second-order valence-corrected chi connectivity index (χ2v) is 7.41. The van der Waals surface area contributed by atoms with Crippen molar-refractivity contribution < 1.29 is 19.2 Å². The van der Waals surface area contributed by atoms with Crippen LogP contribution in [-0.2, 0) is 11.4 Å². The summed E-state index contributed by atoms with van der Waals surface area (Å²) in [5.74, 6) is 0.648. The van der Waals surface area contributed by atoms with E-state index in [0.717, 1.165) is 12.0 Å². The van der Waals surface area contributed by atoms with Crippen molar-refractivity contribution in [2.75, 3.05) is 13.2 Å². The fourth-order valence-corrected chi connectivity index (χ4v) is 3.78. The number of amides is 2. The number of hydrogen-bond donors (Lipinski definition) is 2. The monoisotopic (exact) mass is 399 g/mol. The van der Waals surface area contributed by atoms with Gasteiger partial charge in [0.05, 0.1) is 12.6 Å².